The number of methoxy groups -OCH3 is 2. The first-order valence-electron chi connectivity index (χ1n) is 6.45. The van der Waals surface area contributed by atoms with Gasteiger partial charge in [0.15, 0.2) is 5.78 Å². The van der Waals surface area contributed by atoms with Crippen molar-refractivity contribution in [3.8, 4) is 5.75 Å². The van der Waals surface area contributed by atoms with Crippen LogP contribution in [0, 0.1) is 6.92 Å². The molecule has 4 nitrogen and oxygen atoms in total. The average Bonchev–Trinajstić information content (AvgIpc) is 2.47. The van der Waals surface area contributed by atoms with Gasteiger partial charge in [0.1, 0.15) is 11.4 Å². The molecule has 1 heterocycles. The number of hydrogen-bond donors (Lipinski definition) is 0. The van der Waals surface area contributed by atoms with Gasteiger partial charge in [-0.15, -0.1) is 0 Å². The Labute approximate surface area is 113 Å². The fourth-order valence-corrected chi connectivity index (χ4v) is 2.47. The third-order valence-corrected chi connectivity index (χ3v) is 3.70. The van der Waals surface area contributed by atoms with E-state index < -0.39 is 5.60 Å². The van der Waals surface area contributed by atoms with E-state index in [2.05, 4.69) is 0 Å². The minimum Gasteiger partial charge on any atom is -0.496 e. The lowest BCUT2D eigenvalue weighted by Crippen LogP contribution is -2.45. The molecule has 0 aromatic heterocycles. The zero-order valence-electron chi connectivity index (χ0n) is 11.7. The number of ether oxygens (including phenoxy) is 3. The van der Waals surface area contributed by atoms with Crippen LogP contribution in [0.2, 0.25) is 0 Å². The van der Waals surface area contributed by atoms with Crippen molar-refractivity contribution in [2.24, 2.45) is 0 Å². The standard InChI is InChI=1S/C15H20O4/c1-11-4-5-13(17-2)12(10-11)14(16)15(18-3)6-8-19-9-7-15/h4-5,10H,6-9H2,1-3H3. The van der Waals surface area contributed by atoms with E-state index in [9.17, 15) is 4.79 Å². The van der Waals surface area contributed by atoms with Crippen LogP contribution in [0.25, 0.3) is 0 Å². The fourth-order valence-electron chi connectivity index (χ4n) is 2.47. The third-order valence-electron chi connectivity index (χ3n) is 3.70. The summed E-state index contributed by atoms with van der Waals surface area (Å²) < 4.78 is 16.2. The molecular formula is C15H20O4. The summed E-state index contributed by atoms with van der Waals surface area (Å²) in [6.07, 6.45) is 1.17. The highest BCUT2D eigenvalue weighted by atomic mass is 16.5. The van der Waals surface area contributed by atoms with Gasteiger partial charge in [-0.05, 0) is 19.1 Å². The Balaban J connectivity index is 2.39. The lowest BCUT2D eigenvalue weighted by Gasteiger charge is -2.34. The molecule has 0 atom stereocenters. The summed E-state index contributed by atoms with van der Waals surface area (Å²) in [5, 5.41) is 0. The number of benzene rings is 1. The summed E-state index contributed by atoms with van der Waals surface area (Å²) in [7, 11) is 3.16. The van der Waals surface area contributed by atoms with Crippen molar-refractivity contribution >= 4 is 5.78 Å². The molecule has 1 saturated heterocycles. The van der Waals surface area contributed by atoms with Gasteiger partial charge in [-0.2, -0.15) is 0 Å². The molecule has 0 spiro atoms. The average molecular weight is 264 g/mol. The summed E-state index contributed by atoms with van der Waals surface area (Å²) in [5.74, 6) is 0.581. The SMILES string of the molecule is COc1ccc(C)cc1C(=O)C1(OC)CCOCC1. The van der Waals surface area contributed by atoms with Gasteiger partial charge in [-0.25, -0.2) is 0 Å². The Hall–Kier alpha value is -1.39. The maximum atomic E-state index is 12.8. The van der Waals surface area contributed by atoms with Crippen molar-refractivity contribution in [2.75, 3.05) is 27.4 Å². The smallest absolute Gasteiger partial charge is 0.198 e. The van der Waals surface area contributed by atoms with Gasteiger partial charge in [-0.1, -0.05) is 11.6 Å². The molecule has 104 valence electrons. The number of aryl methyl sites for hydroxylation is 1. The molecule has 1 aromatic carbocycles. The highest BCUT2D eigenvalue weighted by Crippen LogP contribution is 2.32. The van der Waals surface area contributed by atoms with Crippen LogP contribution in [-0.2, 0) is 9.47 Å². The number of carbonyl (C=O) groups is 1. The highest BCUT2D eigenvalue weighted by molar-refractivity contribution is 6.04. The topological polar surface area (TPSA) is 44.8 Å². The van der Waals surface area contributed by atoms with E-state index in [0.717, 1.165) is 5.56 Å². The molecule has 2 rings (SSSR count). The van der Waals surface area contributed by atoms with E-state index in [1.165, 1.54) is 0 Å². The Kier molecular flexibility index (Phi) is 4.22. The minimum atomic E-state index is -0.778. The van der Waals surface area contributed by atoms with Crippen LogP contribution in [0.15, 0.2) is 18.2 Å². The summed E-state index contributed by atoms with van der Waals surface area (Å²) in [4.78, 5) is 12.8. The molecule has 1 aliphatic rings. The van der Waals surface area contributed by atoms with Crippen molar-refractivity contribution in [1.29, 1.82) is 0 Å². The molecule has 0 N–H and O–H groups in total. The van der Waals surface area contributed by atoms with Crippen molar-refractivity contribution in [3.63, 3.8) is 0 Å². The maximum absolute atomic E-state index is 12.8. The molecular weight excluding hydrogens is 244 g/mol. The molecule has 0 unspecified atom stereocenters. The van der Waals surface area contributed by atoms with Crippen molar-refractivity contribution in [1.82, 2.24) is 0 Å². The summed E-state index contributed by atoms with van der Waals surface area (Å²) >= 11 is 0. The predicted molar refractivity (Wildman–Crippen MR) is 71.9 cm³/mol. The lowest BCUT2D eigenvalue weighted by molar-refractivity contribution is -0.0664. The molecule has 4 heteroatoms. The van der Waals surface area contributed by atoms with Gasteiger partial charge in [0, 0.05) is 33.2 Å². The van der Waals surface area contributed by atoms with E-state index in [1.54, 1.807) is 14.2 Å². The number of rotatable bonds is 4. The second-order valence-corrected chi connectivity index (χ2v) is 4.84. The van der Waals surface area contributed by atoms with Gasteiger partial charge in [0.25, 0.3) is 0 Å². The normalized spacial score (nSPS) is 18.1. The van der Waals surface area contributed by atoms with E-state index in [0.29, 0.717) is 37.4 Å². The molecule has 0 amide bonds. The first-order valence-corrected chi connectivity index (χ1v) is 6.45. The first kappa shape index (κ1) is 14.0. The van der Waals surface area contributed by atoms with E-state index in [-0.39, 0.29) is 5.78 Å². The largest absolute Gasteiger partial charge is 0.496 e. The Morgan fingerprint density at radius 3 is 2.53 bits per heavy atom. The summed E-state index contributed by atoms with van der Waals surface area (Å²) in [6.45, 7) is 3.06. The van der Waals surface area contributed by atoms with Crippen LogP contribution >= 0.6 is 0 Å². The molecule has 1 fully saturated rings. The summed E-state index contributed by atoms with van der Waals surface area (Å²) in [6, 6.07) is 5.61. The van der Waals surface area contributed by atoms with Gasteiger partial charge in [0.05, 0.1) is 12.7 Å². The molecule has 1 aromatic rings. The van der Waals surface area contributed by atoms with Gasteiger partial charge < -0.3 is 14.2 Å². The third kappa shape index (κ3) is 2.65. The Morgan fingerprint density at radius 2 is 1.95 bits per heavy atom. The molecule has 0 radical (unpaired) electrons. The van der Waals surface area contributed by atoms with Gasteiger partial charge in [-0.3, -0.25) is 4.79 Å². The van der Waals surface area contributed by atoms with Crippen LogP contribution in [0.1, 0.15) is 28.8 Å². The second kappa shape index (κ2) is 5.72. The number of ketones is 1. The van der Waals surface area contributed by atoms with E-state index in [1.807, 2.05) is 25.1 Å². The number of Topliss-reactive ketones (excluding diaryl/α,β-unsaturated/α-hetero) is 1. The fraction of sp³-hybridized carbons (Fsp3) is 0.533. The van der Waals surface area contributed by atoms with E-state index >= 15 is 0 Å². The number of hydrogen-bond acceptors (Lipinski definition) is 4. The molecule has 0 saturated carbocycles. The highest BCUT2D eigenvalue weighted by Gasteiger charge is 2.41. The molecule has 1 aliphatic heterocycles. The molecule has 19 heavy (non-hydrogen) atoms. The van der Waals surface area contributed by atoms with Crippen molar-refractivity contribution < 1.29 is 19.0 Å². The van der Waals surface area contributed by atoms with Crippen LogP contribution < -0.4 is 4.74 Å². The molecule has 0 bridgehead atoms. The van der Waals surface area contributed by atoms with Gasteiger partial charge >= 0.3 is 0 Å². The van der Waals surface area contributed by atoms with Crippen molar-refractivity contribution in [3.05, 3.63) is 29.3 Å². The quantitative estimate of drug-likeness (QED) is 0.783. The van der Waals surface area contributed by atoms with E-state index in [4.69, 9.17) is 14.2 Å². The monoisotopic (exact) mass is 264 g/mol. The lowest BCUT2D eigenvalue weighted by atomic mass is 9.85. The van der Waals surface area contributed by atoms with Crippen molar-refractivity contribution in [2.45, 2.75) is 25.4 Å². The van der Waals surface area contributed by atoms with Crippen LogP contribution in [0.3, 0.4) is 0 Å². The minimum absolute atomic E-state index is 0.0150. The predicted octanol–water partition coefficient (Wildman–Crippen LogP) is 2.38. The zero-order chi connectivity index (χ0) is 13.9. The first-order chi connectivity index (χ1) is 9.13. The van der Waals surface area contributed by atoms with Crippen LogP contribution in [0.5, 0.6) is 5.75 Å². The maximum Gasteiger partial charge on any atom is 0.198 e. The molecule has 0 aliphatic carbocycles. The van der Waals surface area contributed by atoms with Crippen LogP contribution in [0.4, 0.5) is 0 Å². The summed E-state index contributed by atoms with van der Waals surface area (Å²) in [5.41, 5.74) is 0.841. The second-order valence-electron chi connectivity index (χ2n) is 4.84. The number of carbonyl (C=O) groups excluding carboxylic acids is 1. The Bertz CT molecular complexity index is 461. The van der Waals surface area contributed by atoms with Crippen LogP contribution in [-0.4, -0.2) is 38.8 Å². The van der Waals surface area contributed by atoms with Gasteiger partial charge in [0.2, 0.25) is 0 Å². The Morgan fingerprint density at radius 1 is 1.26 bits per heavy atom. The zero-order valence-corrected chi connectivity index (χ0v) is 11.7.